The van der Waals surface area contributed by atoms with E-state index in [0.717, 1.165) is 6.54 Å². The van der Waals surface area contributed by atoms with E-state index in [-0.39, 0.29) is 6.04 Å². The number of aryl methyl sites for hydroxylation is 2. The maximum Gasteiger partial charge on any atom is 0.0589 e. The molecule has 0 bridgehead atoms. The van der Waals surface area contributed by atoms with Gasteiger partial charge in [-0.05, 0) is 65.2 Å². The smallest absolute Gasteiger partial charge is 0.0589 e. The van der Waals surface area contributed by atoms with Crippen LogP contribution in [-0.4, -0.2) is 6.54 Å². The van der Waals surface area contributed by atoms with E-state index in [4.69, 9.17) is 0 Å². The second-order valence-electron chi connectivity index (χ2n) is 4.83. The molecule has 0 heterocycles. The van der Waals surface area contributed by atoms with Gasteiger partial charge in [0.1, 0.15) is 0 Å². The molecule has 0 aromatic heterocycles. The van der Waals surface area contributed by atoms with Gasteiger partial charge in [0, 0.05) is 3.57 Å². The molecule has 1 atom stereocenters. The molecule has 0 aliphatic carbocycles. The van der Waals surface area contributed by atoms with E-state index >= 15 is 0 Å². The first-order valence-corrected chi connectivity index (χ1v) is 7.77. The Bertz CT molecular complexity index is 563. The summed E-state index contributed by atoms with van der Waals surface area (Å²) in [6, 6.07) is 15.5. The van der Waals surface area contributed by atoms with Crippen LogP contribution in [-0.2, 0) is 0 Å². The summed E-state index contributed by atoms with van der Waals surface area (Å²) in [4.78, 5) is 0. The predicted molar refractivity (Wildman–Crippen MR) is 90.6 cm³/mol. The van der Waals surface area contributed by atoms with Crippen molar-refractivity contribution in [2.45, 2.75) is 26.8 Å². The summed E-state index contributed by atoms with van der Waals surface area (Å²) in [5.41, 5.74) is 5.42. The van der Waals surface area contributed by atoms with Crippen LogP contribution in [0.5, 0.6) is 0 Å². The van der Waals surface area contributed by atoms with Crippen LogP contribution >= 0.6 is 22.6 Å². The van der Waals surface area contributed by atoms with Crippen molar-refractivity contribution in [1.29, 1.82) is 0 Å². The lowest BCUT2D eigenvalue weighted by molar-refractivity contribution is 0.625. The minimum Gasteiger partial charge on any atom is -0.306 e. The first-order valence-electron chi connectivity index (χ1n) is 6.69. The quantitative estimate of drug-likeness (QED) is 0.781. The summed E-state index contributed by atoms with van der Waals surface area (Å²) in [6.45, 7) is 7.48. The molecule has 0 spiro atoms. The number of hydrogen-bond acceptors (Lipinski definition) is 1. The minimum atomic E-state index is 0.276. The summed E-state index contributed by atoms with van der Waals surface area (Å²) >= 11 is 2.46. The lowest BCUT2D eigenvalue weighted by Gasteiger charge is -2.22. The van der Waals surface area contributed by atoms with Crippen molar-refractivity contribution in [2.75, 3.05) is 6.54 Å². The van der Waals surface area contributed by atoms with E-state index in [1.165, 1.54) is 25.8 Å². The summed E-state index contributed by atoms with van der Waals surface area (Å²) in [7, 11) is 0. The topological polar surface area (TPSA) is 12.0 Å². The van der Waals surface area contributed by atoms with Gasteiger partial charge in [0.05, 0.1) is 6.04 Å². The molecule has 0 amide bonds. The van der Waals surface area contributed by atoms with E-state index in [2.05, 4.69) is 91.1 Å². The molecular formula is C17H20IN. The second kappa shape index (κ2) is 6.53. The van der Waals surface area contributed by atoms with Crippen LogP contribution < -0.4 is 5.32 Å². The van der Waals surface area contributed by atoms with Gasteiger partial charge in [0.25, 0.3) is 0 Å². The summed E-state index contributed by atoms with van der Waals surface area (Å²) in [5.74, 6) is 0. The average molecular weight is 365 g/mol. The van der Waals surface area contributed by atoms with E-state index in [1.807, 2.05) is 0 Å². The molecule has 0 aliphatic rings. The number of benzene rings is 2. The Balaban J connectivity index is 2.52. The highest BCUT2D eigenvalue weighted by Gasteiger charge is 2.17. The standard InChI is InChI=1S/C17H20IN/c1-4-19-17(14-10-6-5-8-12(14)2)15-11-7-9-13(3)16(15)18/h5-11,17,19H,4H2,1-3H3. The Morgan fingerprint density at radius 1 is 0.947 bits per heavy atom. The van der Waals surface area contributed by atoms with Crippen LogP contribution in [0.1, 0.15) is 35.2 Å². The fourth-order valence-electron chi connectivity index (χ4n) is 2.40. The van der Waals surface area contributed by atoms with Gasteiger partial charge in [-0.25, -0.2) is 0 Å². The molecule has 1 nitrogen and oxygen atoms in total. The average Bonchev–Trinajstić information content (AvgIpc) is 2.41. The predicted octanol–water partition coefficient (Wildman–Crippen LogP) is 4.61. The summed E-state index contributed by atoms with van der Waals surface area (Å²) < 4.78 is 1.36. The van der Waals surface area contributed by atoms with Crippen molar-refractivity contribution in [3.8, 4) is 0 Å². The van der Waals surface area contributed by atoms with Crippen LogP contribution in [0.2, 0.25) is 0 Å². The highest BCUT2D eigenvalue weighted by Crippen LogP contribution is 2.29. The Hall–Kier alpha value is -0.870. The molecule has 1 unspecified atom stereocenters. The van der Waals surface area contributed by atoms with Gasteiger partial charge in [0.2, 0.25) is 0 Å². The maximum absolute atomic E-state index is 3.62. The highest BCUT2D eigenvalue weighted by atomic mass is 127. The van der Waals surface area contributed by atoms with Crippen molar-refractivity contribution >= 4 is 22.6 Å². The number of hydrogen-bond donors (Lipinski definition) is 1. The first kappa shape index (κ1) is 14.5. The normalized spacial score (nSPS) is 12.4. The lowest BCUT2D eigenvalue weighted by Crippen LogP contribution is -2.23. The SMILES string of the molecule is CCNC(c1ccccc1C)c1cccc(C)c1I. The molecule has 19 heavy (non-hydrogen) atoms. The zero-order valence-corrected chi connectivity index (χ0v) is 13.9. The zero-order chi connectivity index (χ0) is 13.8. The fraction of sp³-hybridized carbons (Fsp3) is 0.294. The van der Waals surface area contributed by atoms with Gasteiger partial charge in [-0.3, -0.25) is 0 Å². The third-order valence-electron chi connectivity index (χ3n) is 3.44. The number of halogens is 1. The molecular weight excluding hydrogens is 345 g/mol. The third kappa shape index (κ3) is 3.18. The van der Waals surface area contributed by atoms with Gasteiger partial charge in [-0.2, -0.15) is 0 Å². The third-order valence-corrected chi connectivity index (χ3v) is 4.91. The highest BCUT2D eigenvalue weighted by molar-refractivity contribution is 14.1. The Kier molecular flexibility index (Phi) is 4.99. The second-order valence-corrected chi connectivity index (χ2v) is 5.90. The van der Waals surface area contributed by atoms with E-state index in [9.17, 15) is 0 Å². The molecule has 0 radical (unpaired) electrons. The molecule has 0 fully saturated rings. The van der Waals surface area contributed by atoms with Crippen molar-refractivity contribution in [1.82, 2.24) is 5.32 Å². The zero-order valence-electron chi connectivity index (χ0n) is 11.7. The Morgan fingerprint density at radius 3 is 2.26 bits per heavy atom. The van der Waals surface area contributed by atoms with Crippen LogP contribution in [0.15, 0.2) is 42.5 Å². The fourth-order valence-corrected chi connectivity index (χ4v) is 3.07. The summed E-state index contributed by atoms with van der Waals surface area (Å²) in [5, 5.41) is 3.62. The largest absolute Gasteiger partial charge is 0.306 e. The lowest BCUT2D eigenvalue weighted by atomic mass is 9.94. The van der Waals surface area contributed by atoms with E-state index < -0.39 is 0 Å². The van der Waals surface area contributed by atoms with Crippen molar-refractivity contribution in [3.05, 3.63) is 68.3 Å². The van der Waals surface area contributed by atoms with Crippen LogP contribution in [0.4, 0.5) is 0 Å². The monoisotopic (exact) mass is 365 g/mol. The number of rotatable bonds is 4. The van der Waals surface area contributed by atoms with Crippen molar-refractivity contribution in [2.24, 2.45) is 0 Å². The van der Waals surface area contributed by atoms with Gasteiger partial charge in [0.15, 0.2) is 0 Å². The van der Waals surface area contributed by atoms with Gasteiger partial charge in [-0.1, -0.05) is 49.4 Å². The van der Waals surface area contributed by atoms with E-state index in [0.29, 0.717) is 0 Å². The molecule has 2 aromatic carbocycles. The molecule has 1 N–H and O–H groups in total. The van der Waals surface area contributed by atoms with Crippen LogP contribution in [0.25, 0.3) is 0 Å². The molecule has 0 aliphatic heterocycles. The first-order chi connectivity index (χ1) is 9.15. The molecule has 0 saturated carbocycles. The number of nitrogens with one attached hydrogen (secondary N) is 1. The van der Waals surface area contributed by atoms with Gasteiger partial charge >= 0.3 is 0 Å². The van der Waals surface area contributed by atoms with Gasteiger partial charge in [-0.15, -0.1) is 0 Å². The molecule has 2 aromatic rings. The minimum absolute atomic E-state index is 0.276. The van der Waals surface area contributed by atoms with E-state index in [1.54, 1.807) is 0 Å². The maximum atomic E-state index is 3.62. The molecule has 0 saturated heterocycles. The van der Waals surface area contributed by atoms with Gasteiger partial charge < -0.3 is 5.32 Å². The van der Waals surface area contributed by atoms with Crippen molar-refractivity contribution < 1.29 is 0 Å². The Morgan fingerprint density at radius 2 is 1.58 bits per heavy atom. The molecule has 100 valence electrons. The molecule has 2 heteroatoms. The van der Waals surface area contributed by atoms with Crippen LogP contribution in [0.3, 0.4) is 0 Å². The Labute approximate surface area is 129 Å². The molecule has 2 rings (SSSR count). The van der Waals surface area contributed by atoms with Crippen molar-refractivity contribution in [3.63, 3.8) is 0 Å². The van der Waals surface area contributed by atoms with Crippen LogP contribution in [0, 0.1) is 17.4 Å². The summed E-state index contributed by atoms with van der Waals surface area (Å²) in [6.07, 6.45) is 0.